The summed E-state index contributed by atoms with van der Waals surface area (Å²) in [6, 6.07) is 6.34. The number of fused-ring (bicyclic) bond motifs is 1. The maximum Gasteiger partial charge on any atom is 0.155 e. The molecule has 3 rings (SSSR count). The Balaban J connectivity index is 2.09. The van der Waals surface area contributed by atoms with Crippen molar-refractivity contribution in [2.24, 2.45) is 0 Å². The van der Waals surface area contributed by atoms with Gasteiger partial charge >= 0.3 is 0 Å². The van der Waals surface area contributed by atoms with E-state index in [4.69, 9.17) is 11.6 Å². The fourth-order valence-electron chi connectivity index (χ4n) is 2.23. The molecule has 0 fully saturated rings. The molecule has 1 aromatic heterocycles. The summed E-state index contributed by atoms with van der Waals surface area (Å²) in [5.41, 5.74) is 4.45. The van der Waals surface area contributed by atoms with Gasteiger partial charge in [0.1, 0.15) is 5.69 Å². The minimum atomic E-state index is 0.457. The van der Waals surface area contributed by atoms with Gasteiger partial charge in [0.05, 0.1) is 0 Å². The highest BCUT2D eigenvalue weighted by Gasteiger charge is 2.17. The van der Waals surface area contributed by atoms with E-state index in [1.165, 1.54) is 11.3 Å². The van der Waals surface area contributed by atoms with Crippen molar-refractivity contribution in [3.8, 4) is 11.3 Å². The molecule has 0 amide bonds. The fourth-order valence-corrected chi connectivity index (χ4v) is 2.44. The first-order chi connectivity index (χ1) is 8.25. The summed E-state index contributed by atoms with van der Waals surface area (Å²) in [5, 5.41) is 0.457. The van der Waals surface area contributed by atoms with Crippen LogP contribution in [0.4, 0.5) is 5.69 Å². The van der Waals surface area contributed by atoms with Crippen LogP contribution in [0.25, 0.3) is 11.3 Å². The van der Waals surface area contributed by atoms with Gasteiger partial charge in [0.15, 0.2) is 5.15 Å². The first-order valence-electron chi connectivity index (χ1n) is 5.56. The Kier molecular flexibility index (Phi) is 2.48. The molecule has 0 unspecified atom stereocenters. The minimum absolute atomic E-state index is 0.457. The molecule has 0 aliphatic carbocycles. The molecule has 0 saturated heterocycles. The van der Waals surface area contributed by atoms with Crippen LogP contribution in [0.2, 0.25) is 5.15 Å². The van der Waals surface area contributed by atoms with Crippen molar-refractivity contribution in [3.63, 3.8) is 0 Å². The SMILES string of the molecule is CN1CCc2cc(-c3nccnc3Cl)ccc21. The van der Waals surface area contributed by atoms with E-state index < -0.39 is 0 Å². The molecule has 0 atom stereocenters. The number of halogens is 1. The van der Waals surface area contributed by atoms with Gasteiger partial charge < -0.3 is 4.90 Å². The molecule has 86 valence electrons. The van der Waals surface area contributed by atoms with Crippen molar-refractivity contribution in [2.75, 3.05) is 18.5 Å². The second kappa shape index (κ2) is 4.00. The first-order valence-corrected chi connectivity index (χ1v) is 5.94. The molecule has 0 saturated carbocycles. The molecular weight excluding hydrogens is 234 g/mol. The van der Waals surface area contributed by atoms with Crippen molar-refractivity contribution in [1.82, 2.24) is 9.97 Å². The number of nitrogens with zero attached hydrogens (tertiary/aromatic N) is 3. The van der Waals surface area contributed by atoms with E-state index in [0.29, 0.717) is 5.15 Å². The molecule has 0 radical (unpaired) electrons. The Morgan fingerprint density at radius 1 is 1.24 bits per heavy atom. The van der Waals surface area contributed by atoms with Gasteiger partial charge in [0, 0.05) is 37.2 Å². The quantitative estimate of drug-likeness (QED) is 0.774. The summed E-state index contributed by atoms with van der Waals surface area (Å²) < 4.78 is 0. The third-order valence-electron chi connectivity index (χ3n) is 3.13. The molecule has 3 nitrogen and oxygen atoms in total. The Morgan fingerprint density at radius 3 is 2.88 bits per heavy atom. The summed E-state index contributed by atoms with van der Waals surface area (Å²) >= 11 is 6.05. The van der Waals surface area contributed by atoms with Gasteiger partial charge in [-0.2, -0.15) is 0 Å². The highest BCUT2D eigenvalue weighted by molar-refractivity contribution is 6.31. The lowest BCUT2D eigenvalue weighted by Gasteiger charge is -2.12. The average molecular weight is 246 g/mol. The smallest absolute Gasteiger partial charge is 0.155 e. The third-order valence-corrected chi connectivity index (χ3v) is 3.41. The van der Waals surface area contributed by atoms with Crippen LogP contribution < -0.4 is 4.90 Å². The molecule has 17 heavy (non-hydrogen) atoms. The van der Waals surface area contributed by atoms with Crippen LogP contribution in [0.5, 0.6) is 0 Å². The number of likely N-dealkylation sites (N-methyl/N-ethyl adjacent to an activating group) is 1. The van der Waals surface area contributed by atoms with Gasteiger partial charge in [-0.1, -0.05) is 17.7 Å². The summed E-state index contributed by atoms with van der Waals surface area (Å²) in [5.74, 6) is 0. The molecule has 0 bridgehead atoms. The highest BCUT2D eigenvalue weighted by atomic mass is 35.5. The highest BCUT2D eigenvalue weighted by Crippen LogP contribution is 2.32. The van der Waals surface area contributed by atoms with Gasteiger partial charge in [-0.25, -0.2) is 4.98 Å². The van der Waals surface area contributed by atoms with Crippen LogP contribution in [-0.4, -0.2) is 23.6 Å². The van der Waals surface area contributed by atoms with E-state index in [1.54, 1.807) is 12.4 Å². The molecule has 0 N–H and O–H groups in total. The van der Waals surface area contributed by atoms with Crippen molar-refractivity contribution in [2.45, 2.75) is 6.42 Å². The van der Waals surface area contributed by atoms with Crippen molar-refractivity contribution in [3.05, 3.63) is 41.3 Å². The molecular formula is C13H12ClN3. The first kappa shape index (κ1) is 10.5. The minimum Gasteiger partial charge on any atom is -0.374 e. The fraction of sp³-hybridized carbons (Fsp3) is 0.231. The predicted molar refractivity (Wildman–Crippen MR) is 69.5 cm³/mol. The summed E-state index contributed by atoms with van der Waals surface area (Å²) in [6.45, 7) is 1.08. The summed E-state index contributed by atoms with van der Waals surface area (Å²) in [7, 11) is 2.11. The maximum absolute atomic E-state index is 6.05. The van der Waals surface area contributed by atoms with E-state index in [2.05, 4.69) is 40.1 Å². The number of hydrogen-bond acceptors (Lipinski definition) is 3. The standard InChI is InChI=1S/C13H12ClN3/c1-17-7-4-9-8-10(2-3-11(9)17)12-13(14)16-6-5-15-12/h2-3,5-6,8H,4,7H2,1H3. The largest absolute Gasteiger partial charge is 0.374 e. The summed E-state index contributed by atoms with van der Waals surface area (Å²) in [6.07, 6.45) is 4.35. The van der Waals surface area contributed by atoms with Crippen molar-refractivity contribution in [1.29, 1.82) is 0 Å². The molecule has 0 spiro atoms. The number of rotatable bonds is 1. The molecule has 1 aliphatic heterocycles. The molecule has 1 aromatic carbocycles. The Labute approximate surface area is 105 Å². The zero-order valence-electron chi connectivity index (χ0n) is 9.52. The van der Waals surface area contributed by atoms with E-state index in [-0.39, 0.29) is 0 Å². The average Bonchev–Trinajstić information content (AvgIpc) is 2.71. The van der Waals surface area contributed by atoms with Crippen LogP contribution in [0.15, 0.2) is 30.6 Å². The number of hydrogen-bond donors (Lipinski definition) is 0. The molecule has 2 aromatic rings. The lowest BCUT2D eigenvalue weighted by Crippen LogP contribution is -2.12. The zero-order valence-corrected chi connectivity index (χ0v) is 10.3. The lowest BCUT2D eigenvalue weighted by atomic mass is 10.1. The predicted octanol–water partition coefficient (Wildman–Crippen LogP) is 2.79. The van der Waals surface area contributed by atoms with Crippen LogP contribution in [0.3, 0.4) is 0 Å². The van der Waals surface area contributed by atoms with Gasteiger partial charge in [-0.3, -0.25) is 4.98 Å². The number of aromatic nitrogens is 2. The van der Waals surface area contributed by atoms with Gasteiger partial charge in [0.2, 0.25) is 0 Å². The zero-order chi connectivity index (χ0) is 11.8. The maximum atomic E-state index is 6.05. The van der Waals surface area contributed by atoms with Gasteiger partial charge in [-0.05, 0) is 24.1 Å². The molecule has 2 heterocycles. The third kappa shape index (κ3) is 1.76. The van der Waals surface area contributed by atoms with Crippen molar-refractivity contribution >= 4 is 17.3 Å². The summed E-state index contributed by atoms with van der Waals surface area (Å²) in [4.78, 5) is 10.6. The number of benzene rings is 1. The Morgan fingerprint density at radius 2 is 2.06 bits per heavy atom. The topological polar surface area (TPSA) is 29.0 Å². The van der Waals surface area contributed by atoms with E-state index in [9.17, 15) is 0 Å². The van der Waals surface area contributed by atoms with Gasteiger partial charge in [0.25, 0.3) is 0 Å². The second-order valence-corrected chi connectivity index (χ2v) is 4.57. The van der Waals surface area contributed by atoms with E-state index in [0.717, 1.165) is 24.2 Å². The van der Waals surface area contributed by atoms with Crippen LogP contribution in [-0.2, 0) is 6.42 Å². The number of anilines is 1. The molecule has 1 aliphatic rings. The van der Waals surface area contributed by atoms with Crippen LogP contribution in [0.1, 0.15) is 5.56 Å². The molecule has 4 heteroatoms. The van der Waals surface area contributed by atoms with E-state index in [1.807, 2.05) is 0 Å². The Bertz CT molecular complexity index is 568. The normalized spacial score (nSPS) is 13.9. The second-order valence-electron chi connectivity index (χ2n) is 4.21. The van der Waals surface area contributed by atoms with Gasteiger partial charge in [-0.15, -0.1) is 0 Å². The van der Waals surface area contributed by atoms with Crippen molar-refractivity contribution < 1.29 is 0 Å². The van der Waals surface area contributed by atoms with Crippen LogP contribution in [0, 0.1) is 0 Å². The Hall–Kier alpha value is -1.61. The van der Waals surface area contributed by atoms with E-state index >= 15 is 0 Å². The van der Waals surface area contributed by atoms with Crippen LogP contribution >= 0.6 is 11.6 Å². The monoisotopic (exact) mass is 245 g/mol. The lowest BCUT2D eigenvalue weighted by molar-refractivity contribution is 0.956.